The number of carbonyl (C=O) groups is 1. The van der Waals surface area contributed by atoms with Gasteiger partial charge in [-0.1, -0.05) is 28.1 Å². The second kappa shape index (κ2) is 6.33. The van der Waals surface area contributed by atoms with E-state index in [9.17, 15) is 13.2 Å². The quantitative estimate of drug-likeness (QED) is 0.617. The number of carbonyl (C=O) groups excluding carboxylic acids is 1. The molecule has 2 aromatic carbocycles. The monoisotopic (exact) mass is 408 g/mol. The first-order valence-corrected chi connectivity index (χ1v) is 9.95. The van der Waals surface area contributed by atoms with Crippen molar-refractivity contribution >= 4 is 31.7 Å². The first-order valence-electron chi connectivity index (χ1n) is 7.67. The Bertz CT molecular complexity index is 919. The average Bonchev–Trinajstić information content (AvgIpc) is 2.53. The van der Waals surface area contributed by atoms with Crippen molar-refractivity contribution in [3.05, 3.63) is 57.6 Å². The van der Waals surface area contributed by atoms with Gasteiger partial charge in [0, 0.05) is 10.9 Å². The Morgan fingerprint density at radius 2 is 1.79 bits per heavy atom. The fraction of sp³-hybridized carbons (Fsp3) is 0.278. The smallest absolute Gasteiger partial charge is 0.313 e. The van der Waals surface area contributed by atoms with Gasteiger partial charge in [-0.25, -0.2) is 8.42 Å². The van der Waals surface area contributed by atoms with E-state index in [0.717, 1.165) is 15.6 Å². The highest BCUT2D eigenvalue weighted by molar-refractivity contribution is 9.10. The summed E-state index contributed by atoms with van der Waals surface area (Å²) >= 11 is 3.39. The molecule has 1 atom stereocenters. The molecule has 0 spiro atoms. The highest BCUT2D eigenvalue weighted by Gasteiger charge is 2.30. The second-order valence-corrected chi connectivity index (χ2v) is 8.58. The van der Waals surface area contributed by atoms with Gasteiger partial charge in [-0.2, -0.15) is 0 Å². The highest BCUT2D eigenvalue weighted by Crippen LogP contribution is 2.37. The summed E-state index contributed by atoms with van der Waals surface area (Å²) in [6, 6.07) is 10.3. The minimum absolute atomic E-state index is 0.306. The van der Waals surface area contributed by atoms with Gasteiger partial charge in [-0.05, 0) is 54.8 Å². The number of hydrogen-bond donors (Lipinski definition) is 0. The zero-order valence-corrected chi connectivity index (χ0v) is 15.8. The first kappa shape index (κ1) is 17.2. The minimum atomic E-state index is -3.53. The Morgan fingerprint density at radius 1 is 1.17 bits per heavy atom. The third-order valence-corrected chi connectivity index (χ3v) is 6.66. The standard InChI is InChI=1S/C18H17BrO4S/c1-3-23-18(20)11(2)12-4-6-16-13(8-12)9-14-10-15(19)5-7-17(14)24(16,21)22/h4-8,10-11H,3,9H2,1-2H3. The maximum Gasteiger partial charge on any atom is 0.313 e. The van der Waals surface area contributed by atoms with Crippen molar-refractivity contribution < 1.29 is 17.9 Å². The maximum absolute atomic E-state index is 12.8. The molecule has 1 aliphatic heterocycles. The van der Waals surface area contributed by atoms with Crippen molar-refractivity contribution in [3.8, 4) is 0 Å². The summed E-state index contributed by atoms with van der Waals surface area (Å²) in [5.74, 6) is -0.735. The molecule has 6 heteroatoms. The molecule has 1 unspecified atom stereocenters. The van der Waals surface area contributed by atoms with Crippen LogP contribution in [0.5, 0.6) is 0 Å². The molecule has 0 aliphatic carbocycles. The highest BCUT2D eigenvalue weighted by atomic mass is 79.9. The number of rotatable bonds is 3. The topological polar surface area (TPSA) is 60.4 Å². The number of halogens is 1. The Labute approximate surface area is 149 Å². The molecule has 0 bridgehead atoms. The maximum atomic E-state index is 12.8. The predicted molar refractivity (Wildman–Crippen MR) is 93.9 cm³/mol. The van der Waals surface area contributed by atoms with Crippen LogP contribution in [0.15, 0.2) is 50.7 Å². The molecular weight excluding hydrogens is 392 g/mol. The summed E-state index contributed by atoms with van der Waals surface area (Å²) in [7, 11) is -3.53. The molecule has 0 radical (unpaired) electrons. The Morgan fingerprint density at radius 3 is 2.46 bits per heavy atom. The third kappa shape index (κ3) is 2.89. The van der Waals surface area contributed by atoms with Crippen LogP contribution in [0.2, 0.25) is 0 Å². The summed E-state index contributed by atoms with van der Waals surface area (Å²) in [4.78, 5) is 12.6. The summed E-state index contributed by atoms with van der Waals surface area (Å²) in [5.41, 5.74) is 2.24. The van der Waals surface area contributed by atoms with Gasteiger partial charge < -0.3 is 4.74 Å². The zero-order valence-electron chi connectivity index (χ0n) is 13.4. The molecular formula is C18H17BrO4S. The molecule has 4 nitrogen and oxygen atoms in total. The lowest BCUT2D eigenvalue weighted by Crippen LogP contribution is -2.17. The van der Waals surface area contributed by atoms with Crippen molar-refractivity contribution in [3.63, 3.8) is 0 Å². The van der Waals surface area contributed by atoms with Crippen LogP contribution in [0.4, 0.5) is 0 Å². The molecule has 0 N–H and O–H groups in total. The molecule has 0 fully saturated rings. The fourth-order valence-corrected chi connectivity index (χ4v) is 5.04. The van der Waals surface area contributed by atoms with Crippen molar-refractivity contribution in [2.75, 3.05) is 6.61 Å². The van der Waals surface area contributed by atoms with Gasteiger partial charge in [-0.3, -0.25) is 4.79 Å². The van der Waals surface area contributed by atoms with E-state index in [0.29, 0.717) is 28.4 Å². The second-order valence-electron chi connectivity index (χ2n) is 5.77. The number of hydrogen-bond acceptors (Lipinski definition) is 4. The predicted octanol–water partition coefficient (Wildman–Crippen LogP) is 3.85. The molecule has 0 saturated carbocycles. The van der Waals surface area contributed by atoms with Crippen molar-refractivity contribution in [1.82, 2.24) is 0 Å². The minimum Gasteiger partial charge on any atom is -0.466 e. The van der Waals surface area contributed by atoms with Crippen molar-refractivity contribution in [1.29, 1.82) is 0 Å². The lowest BCUT2D eigenvalue weighted by molar-refractivity contribution is -0.144. The Kier molecular flexibility index (Phi) is 4.53. The normalized spacial score (nSPS) is 16.0. The lowest BCUT2D eigenvalue weighted by atomic mass is 9.96. The molecule has 3 rings (SSSR count). The van der Waals surface area contributed by atoms with Gasteiger partial charge >= 0.3 is 5.97 Å². The van der Waals surface area contributed by atoms with Crippen LogP contribution in [-0.4, -0.2) is 21.0 Å². The van der Waals surface area contributed by atoms with Gasteiger partial charge in [0.1, 0.15) is 0 Å². The van der Waals surface area contributed by atoms with Crippen LogP contribution in [-0.2, 0) is 25.8 Å². The summed E-state index contributed by atoms with van der Waals surface area (Å²) in [6.07, 6.45) is 0.521. The molecule has 0 aromatic heterocycles. The Balaban J connectivity index is 2.06. The molecule has 2 aromatic rings. The van der Waals surface area contributed by atoms with Gasteiger partial charge in [-0.15, -0.1) is 0 Å². The van der Waals surface area contributed by atoms with Gasteiger partial charge in [0.05, 0.1) is 22.3 Å². The van der Waals surface area contributed by atoms with E-state index >= 15 is 0 Å². The van der Waals surface area contributed by atoms with Crippen LogP contribution in [0, 0.1) is 0 Å². The van der Waals surface area contributed by atoms with Gasteiger partial charge in [0.25, 0.3) is 0 Å². The van der Waals surface area contributed by atoms with Gasteiger partial charge in [0.2, 0.25) is 9.84 Å². The van der Waals surface area contributed by atoms with E-state index in [1.807, 2.05) is 6.07 Å². The molecule has 1 aliphatic rings. The number of esters is 1. The largest absolute Gasteiger partial charge is 0.466 e. The number of sulfone groups is 1. The molecule has 0 saturated heterocycles. The van der Waals surface area contributed by atoms with Crippen LogP contribution in [0.3, 0.4) is 0 Å². The summed E-state index contributed by atoms with van der Waals surface area (Å²) < 4.78 is 31.5. The van der Waals surface area contributed by atoms with E-state index < -0.39 is 15.8 Å². The van der Waals surface area contributed by atoms with Crippen molar-refractivity contribution in [2.45, 2.75) is 36.0 Å². The van der Waals surface area contributed by atoms with Crippen LogP contribution in [0.1, 0.15) is 36.5 Å². The number of fused-ring (bicyclic) bond motifs is 2. The molecule has 24 heavy (non-hydrogen) atoms. The SMILES string of the molecule is CCOC(=O)C(C)c1ccc2c(c1)Cc1cc(Br)ccc1S2(=O)=O. The molecule has 126 valence electrons. The van der Waals surface area contributed by atoms with E-state index in [4.69, 9.17) is 4.74 Å². The molecule has 0 amide bonds. The van der Waals surface area contributed by atoms with E-state index in [1.165, 1.54) is 0 Å². The first-order chi connectivity index (χ1) is 11.3. The summed E-state index contributed by atoms with van der Waals surface area (Å²) in [6.45, 7) is 3.85. The Hall–Kier alpha value is -1.66. The fourth-order valence-electron chi connectivity index (χ4n) is 2.94. The molecule has 1 heterocycles. The van der Waals surface area contributed by atoms with E-state index in [-0.39, 0.29) is 5.97 Å². The van der Waals surface area contributed by atoms with Crippen molar-refractivity contribution in [2.24, 2.45) is 0 Å². The van der Waals surface area contributed by atoms with Gasteiger partial charge in [0.15, 0.2) is 0 Å². The van der Waals surface area contributed by atoms with Crippen LogP contribution < -0.4 is 0 Å². The third-order valence-electron chi connectivity index (χ3n) is 4.21. The number of ether oxygens (including phenoxy) is 1. The van der Waals surface area contributed by atoms with Crippen LogP contribution in [0.25, 0.3) is 0 Å². The number of benzene rings is 2. The van der Waals surface area contributed by atoms with E-state index in [2.05, 4.69) is 15.9 Å². The average molecular weight is 409 g/mol. The van der Waals surface area contributed by atoms with Crippen LogP contribution >= 0.6 is 15.9 Å². The zero-order chi connectivity index (χ0) is 17.5. The summed E-state index contributed by atoms with van der Waals surface area (Å²) in [5, 5.41) is 0. The lowest BCUT2D eigenvalue weighted by Gasteiger charge is -2.21. The van der Waals surface area contributed by atoms with E-state index in [1.54, 1.807) is 44.2 Å².